The molecule has 1 heterocycles. The van der Waals surface area contributed by atoms with E-state index in [1.165, 1.54) is 0 Å². The topological polar surface area (TPSA) is 98.0 Å². The normalized spacial score (nSPS) is 11.8. The third-order valence-corrected chi connectivity index (χ3v) is 7.30. The molecule has 0 aliphatic heterocycles. The van der Waals surface area contributed by atoms with E-state index >= 15 is 0 Å². The van der Waals surface area contributed by atoms with Crippen molar-refractivity contribution in [2.24, 2.45) is 11.5 Å². The highest BCUT2D eigenvalue weighted by Crippen LogP contribution is 2.39. The summed E-state index contributed by atoms with van der Waals surface area (Å²) in [6.45, 7) is 5.17. The van der Waals surface area contributed by atoms with Crippen molar-refractivity contribution in [2.75, 3.05) is 45.8 Å². The molecule has 0 saturated heterocycles. The van der Waals surface area contributed by atoms with Gasteiger partial charge in [-0.3, -0.25) is 4.90 Å². The molecule has 0 aliphatic carbocycles. The molecule has 5 N–H and O–H groups in total. The molecule has 0 aliphatic rings. The van der Waals surface area contributed by atoms with Gasteiger partial charge in [-0.2, -0.15) is 15.0 Å². The van der Waals surface area contributed by atoms with Gasteiger partial charge in [0.25, 0.3) is 0 Å². The molecular weight excluding hydrogens is 610 g/mol. The number of hydrogen-bond acceptors (Lipinski definition) is 6. The molecule has 45 heavy (non-hydrogen) atoms. The molecule has 0 fully saturated rings. The van der Waals surface area contributed by atoms with Gasteiger partial charge in [0.05, 0.1) is 17.7 Å². The summed E-state index contributed by atoms with van der Waals surface area (Å²) in [6.07, 6.45) is 2.95. The summed E-state index contributed by atoms with van der Waals surface area (Å²) in [6, 6.07) is 1.86. The van der Waals surface area contributed by atoms with Crippen LogP contribution < -0.4 is 16.8 Å². The average molecular weight is 644 g/mol. The Morgan fingerprint density at radius 3 is 1.49 bits per heavy atom. The molecule has 15 heteroatoms. The lowest BCUT2D eigenvalue weighted by Crippen LogP contribution is -2.38. The van der Waals surface area contributed by atoms with E-state index < -0.39 is 68.8 Å². The van der Waals surface area contributed by atoms with E-state index in [1.54, 1.807) is 0 Å². The lowest BCUT2D eigenvalue weighted by molar-refractivity contribution is 0.287. The van der Waals surface area contributed by atoms with Crippen LogP contribution in [0.1, 0.15) is 25.7 Å². The van der Waals surface area contributed by atoms with Crippen LogP contribution in [0.25, 0.3) is 33.3 Å². The minimum Gasteiger partial charge on any atom is -0.329 e. The van der Waals surface area contributed by atoms with Gasteiger partial charge < -0.3 is 16.8 Å². The lowest BCUT2D eigenvalue weighted by Gasteiger charge is -2.20. The van der Waals surface area contributed by atoms with Gasteiger partial charge in [-0.25, -0.2) is 35.1 Å². The smallest absolute Gasteiger partial charge is 0.169 e. The monoisotopic (exact) mass is 643 g/mol. The molecule has 1 aromatic heterocycles. The summed E-state index contributed by atoms with van der Waals surface area (Å²) in [5, 5.41) is 11.7. The Morgan fingerprint density at radius 1 is 0.600 bits per heavy atom. The highest BCUT2D eigenvalue weighted by molar-refractivity contribution is 6.00. The third-order valence-electron chi connectivity index (χ3n) is 7.30. The fourth-order valence-electron chi connectivity index (χ4n) is 5.08. The van der Waals surface area contributed by atoms with E-state index in [-0.39, 0.29) is 29.7 Å². The number of halogens is 8. The number of aryl methyl sites for hydroxylation is 1. The van der Waals surface area contributed by atoms with E-state index in [0.717, 1.165) is 68.9 Å². The first-order valence-corrected chi connectivity index (χ1v) is 14.5. The molecule has 0 atom stereocenters. The molecule has 0 spiro atoms. The summed E-state index contributed by atoms with van der Waals surface area (Å²) in [7, 11) is 0. The fourth-order valence-corrected chi connectivity index (χ4v) is 5.08. The van der Waals surface area contributed by atoms with Crippen molar-refractivity contribution in [3.63, 3.8) is 0 Å². The number of nitrogens with two attached hydrogens (primary N) is 2. The highest BCUT2D eigenvalue weighted by atomic mass is 19.2. The van der Waals surface area contributed by atoms with Crippen LogP contribution in [-0.2, 0) is 6.54 Å². The minimum absolute atomic E-state index is 0.0325. The number of fused-ring (bicyclic) bond motifs is 1. The second-order valence-corrected chi connectivity index (χ2v) is 10.4. The van der Waals surface area contributed by atoms with E-state index in [4.69, 9.17) is 11.5 Å². The lowest BCUT2D eigenvalue weighted by atomic mass is 9.96. The third kappa shape index (κ3) is 7.77. The maximum atomic E-state index is 14.8. The Bertz CT molecular complexity index is 1470. The van der Waals surface area contributed by atoms with Crippen LogP contribution in [0.3, 0.4) is 0 Å². The van der Waals surface area contributed by atoms with Gasteiger partial charge in [-0.1, -0.05) is 25.0 Å². The highest BCUT2D eigenvalue weighted by Gasteiger charge is 2.28. The van der Waals surface area contributed by atoms with Gasteiger partial charge in [-0.05, 0) is 19.4 Å². The first-order chi connectivity index (χ1) is 21.6. The zero-order valence-corrected chi connectivity index (χ0v) is 24.3. The summed E-state index contributed by atoms with van der Waals surface area (Å²) in [5.74, 6) is -13.7. The molecule has 4 rings (SSSR count). The number of nitrogens with one attached hydrogen (secondary N) is 1. The number of rotatable bonds is 16. The second kappa shape index (κ2) is 15.6. The zero-order valence-electron chi connectivity index (χ0n) is 24.3. The SMILES string of the molecule is NCCN(CCN)CCNCCCCCCn1nc2c(-c3c(F)c(F)cc(F)c3F)ccc(-c3c(F)c(F)cc(F)c3F)c2n1. The zero-order chi connectivity index (χ0) is 32.7. The van der Waals surface area contributed by atoms with Crippen LogP contribution in [0.5, 0.6) is 0 Å². The van der Waals surface area contributed by atoms with Gasteiger partial charge in [-0.15, -0.1) is 0 Å². The molecule has 0 bridgehead atoms. The molecule has 7 nitrogen and oxygen atoms in total. The van der Waals surface area contributed by atoms with Crippen molar-refractivity contribution >= 4 is 11.0 Å². The van der Waals surface area contributed by atoms with Crippen molar-refractivity contribution in [1.82, 2.24) is 25.2 Å². The van der Waals surface area contributed by atoms with Crippen LogP contribution in [0.15, 0.2) is 24.3 Å². The van der Waals surface area contributed by atoms with Gasteiger partial charge in [0, 0.05) is 62.5 Å². The predicted molar refractivity (Wildman–Crippen MR) is 154 cm³/mol. The predicted octanol–water partition coefficient (Wildman–Crippen LogP) is 5.25. The van der Waals surface area contributed by atoms with Crippen molar-refractivity contribution in [2.45, 2.75) is 32.2 Å². The Labute approximate surface area is 254 Å². The first kappa shape index (κ1) is 34.2. The summed E-state index contributed by atoms with van der Waals surface area (Å²) >= 11 is 0. The minimum atomic E-state index is -1.73. The molecule has 0 unspecified atom stereocenters. The van der Waals surface area contributed by atoms with Crippen molar-refractivity contribution in [3.05, 3.63) is 70.8 Å². The van der Waals surface area contributed by atoms with E-state index in [0.29, 0.717) is 19.5 Å². The fraction of sp³-hybridized carbons (Fsp3) is 0.400. The largest absolute Gasteiger partial charge is 0.329 e. The Balaban J connectivity index is 1.54. The number of benzene rings is 3. The van der Waals surface area contributed by atoms with Crippen LogP contribution in [-0.4, -0.2) is 65.7 Å². The molecule has 0 saturated carbocycles. The average Bonchev–Trinajstić information content (AvgIpc) is 3.44. The van der Waals surface area contributed by atoms with Gasteiger partial charge in [0.15, 0.2) is 46.5 Å². The van der Waals surface area contributed by atoms with Crippen LogP contribution in [0.4, 0.5) is 35.1 Å². The van der Waals surface area contributed by atoms with E-state index in [2.05, 4.69) is 20.4 Å². The van der Waals surface area contributed by atoms with Crippen LogP contribution in [0.2, 0.25) is 0 Å². The van der Waals surface area contributed by atoms with Crippen LogP contribution >= 0.6 is 0 Å². The summed E-state index contributed by atoms with van der Waals surface area (Å²) < 4.78 is 115. The Hall–Kier alpha value is -3.66. The van der Waals surface area contributed by atoms with Crippen molar-refractivity contribution in [3.8, 4) is 22.3 Å². The molecule has 4 aromatic rings. The molecule has 0 amide bonds. The summed E-state index contributed by atoms with van der Waals surface area (Å²) in [4.78, 5) is 3.27. The van der Waals surface area contributed by atoms with E-state index in [1.807, 2.05) is 0 Å². The number of aromatic nitrogens is 3. The molecule has 0 radical (unpaired) electrons. The van der Waals surface area contributed by atoms with Crippen LogP contribution in [0, 0.1) is 46.5 Å². The Morgan fingerprint density at radius 2 is 1.04 bits per heavy atom. The van der Waals surface area contributed by atoms with Gasteiger partial charge >= 0.3 is 0 Å². The number of unbranched alkanes of at least 4 members (excludes halogenated alkanes) is 3. The number of hydrogen-bond donors (Lipinski definition) is 3. The molecule has 3 aromatic carbocycles. The van der Waals surface area contributed by atoms with E-state index in [9.17, 15) is 35.1 Å². The maximum absolute atomic E-state index is 14.8. The maximum Gasteiger partial charge on any atom is 0.169 e. The summed E-state index contributed by atoms with van der Waals surface area (Å²) in [5.41, 5.74) is 7.24. The van der Waals surface area contributed by atoms with Crippen molar-refractivity contribution in [1.29, 1.82) is 0 Å². The molecular formula is C30H33F8N7. The Kier molecular flexibility index (Phi) is 11.8. The standard InChI is InChI=1S/C30H33F8N7/c31-19-15-20(32)26(36)23(25(19)35)17-5-6-18(24-27(37)21(33)16-22(34)28(24)38)30-29(17)42-45(43-30)11-4-2-1-3-9-41-10-14-44(12-7-39)13-8-40/h5-6,15-16,41H,1-4,7-14,39-40H2. The molecule has 244 valence electrons. The first-order valence-electron chi connectivity index (χ1n) is 14.5. The number of nitrogens with zero attached hydrogens (tertiary/aromatic N) is 4. The van der Waals surface area contributed by atoms with Gasteiger partial charge in [0.1, 0.15) is 11.0 Å². The second-order valence-electron chi connectivity index (χ2n) is 10.4. The van der Waals surface area contributed by atoms with Gasteiger partial charge in [0.2, 0.25) is 0 Å². The van der Waals surface area contributed by atoms with Crippen molar-refractivity contribution < 1.29 is 35.1 Å². The quantitative estimate of drug-likeness (QED) is 0.0878.